The van der Waals surface area contributed by atoms with Crippen molar-refractivity contribution in [3.63, 3.8) is 0 Å². The average Bonchev–Trinajstić information content (AvgIpc) is 3.29. The number of benzene rings is 1. The number of piperidine rings is 1. The molecule has 0 aliphatic carbocycles. The minimum atomic E-state index is -3.67. The van der Waals surface area contributed by atoms with Crippen molar-refractivity contribution in [3.8, 4) is 0 Å². The molecule has 11 heteroatoms. The van der Waals surface area contributed by atoms with Crippen LogP contribution < -0.4 is 10.0 Å². The van der Waals surface area contributed by atoms with Gasteiger partial charge in [0, 0.05) is 25.7 Å². The van der Waals surface area contributed by atoms with E-state index in [2.05, 4.69) is 10.0 Å². The Bertz CT molecular complexity index is 1130. The lowest BCUT2D eigenvalue weighted by molar-refractivity contribution is -0.116. The number of sulfonamides is 2. The fourth-order valence-electron chi connectivity index (χ4n) is 3.34. The monoisotopic (exact) mass is 481 g/mol. The number of furan rings is 1. The number of rotatable bonds is 9. The van der Waals surface area contributed by atoms with Crippen LogP contribution in [0.1, 0.15) is 24.2 Å². The first-order chi connectivity index (χ1) is 15.1. The summed E-state index contributed by atoms with van der Waals surface area (Å²) >= 11 is 0. The first-order valence-corrected chi connectivity index (χ1v) is 13.5. The van der Waals surface area contributed by atoms with Gasteiger partial charge in [-0.25, -0.2) is 25.9 Å². The molecule has 1 aromatic heterocycles. The largest absolute Gasteiger partial charge is 0.468 e. The van der Waals surface area contributed by atoms with Gasteiger partial charge >= 0.3 is 0 Å². The van der Waals surface area contributed by atoms with Crippen molar-refractivity contribution in [2.75, 3.05) is 25.9 Å². The summed E-state index contributed by atoms with van der Waals surface area (Å²) < 4.78 is 56.8. The van der Waals surface area contributed by atoms with Crippen LogP contribution in [-0.2, 0) is 31.4 Å². The number of carbonyl (C=O) groups is 1. The molecule has 1 amide bonds. The molecule has 174 valence electrons. The smallest absolute Gasteiger partial charge is 0.244 e. The fraction of sp³-hybridized carbons (Fsp3) is 0.381. The van der Waals surface area contributed by atoms with Crippen molar-refractivity contribution >= 4 is 32.0 Å². The Labute approximate surface area is 188 Å². The van der Waals surface area contributed by atoms with E-state index in [1.165, 1.54) is 35.0 Å². The fourth-order valence-corrected chi connectivity index (χ4v) is 5.21. The Balaban J connectivity index is 1.45. The molecule has 2 heterocycles. The van der Waals surface area contributed by atoms with Crippen LogP contribution in [0, 0.1) is 5.92 Å². The summed E-state index contributed by atoms with van der Waals surface area (Å²) in [5, 5.41) is 2.83. The second-order valence-electron chi connectivity index (χ2n) is 7.66. The molecule has 0 saturated carbocycles. The molecule has 1 aliphatic rings. The van der Waals surface area contributed by atoms with Crippen LogP contribution in [0.2, 0.25) is 0 Å². The predicted molar refractivity (Wildman–Crippen MR) is 120 cm³/mol. The lowest BCUT2D eigenvalue weighted by Crippen LogP contribution is -2.40. The van der Waals surface area contributed by atoms with E-state index in [9.17, 15) is 21.6 Å². The second-order valence-corrected chi connectivity index (χ2v) is 11.4. The van der Waals surface area contributed by atoms with E-state index in [0.29, 0.717) is 43.8 Å². The number of nitrogens with one attached hydrogen (secondary N) is 2. The maximum atomic E-state index is 12.3. The predicted octanol–water partition coefficient (Wildman–Crippen LogP) is 1.56. The van der Waals surface area contributed by atoms with E-state index in [0.717, 1.165) is 0 Å². The maximum Gasteiger partial charge on any atom is 0.244 e. The molecular formula is C21H27N3O6S2. The third-order valence-corrected chi connectivity index (χ3v) is 7.96. The van der Waals surface area contributed by atoms with Crippen molar-refractivity contribution in [1.82, 2.24) is 14.3 Å². The average molecular weight is 482 g/mol. The summed E-state index contributed by atoms with van der Waals surface area (Å²) in [4.78, 5) is 12.2. The van der Waals surface area contributed by atoms with Crippen LogP contribution in [-0.4, -0.2) is 52.9 Å². The van der Waals surface area contributed by atoms with Crippen LogP contribution in [0.25, 0.3) is 6.08 Å². The third-order valence-electron chi connectivity index (χ3n) is 5.24. The summed E-state index contributed by atoms with van der Waals surface area (Å²) in [5.41, 5.74) is 0.687. The van der Waals surface area contributed by atoms with Crippen molar-refractivity contribution in [2.45, 2.75) is 24.3 Å². The van der Waals surface area contributed by atoms with Gasteiger partial charge in [-0.3, -0.25) is 4.79 Å². The zero-order chi connectivity index (χ0) is 23.2. The van der Waals surface area contributed by atoms with Crippen molar-refractivity contribution in [3.05, 3.63) is 60.1 Å². The number of hydrogen-bond donors (Lipinski definition) is 2. The molecular weight excluding hydrogens is 454 g/mol. The van der Waals surface area contributed by atoms with Gasteiger partial charge in [-0.15, -0.1) is 0 Å². The first kappa shape index (κ1) is 24.2. The number of hydrogen-bond acceptors (Lipinski definition) is 6. The Morgan fingerprint density at radius 2 is 1.81 bits per heavy atom. The van der Waals surface area contributed by atoms with Crippen LogP contribution in [0.15, 0.2) is 58.1 Å². The summed E-state index contributed by atoms with van der Waals surface area (Å²) in [6.07, 6.45) is 7.10. The Morgan fingerprint density at radius 3 is 2.41 bits per heavy atom. The van der Waals surface area contributed by atoms with Crippen LogP contribution >= 0.6 is 0 Å². The molecule has 0 spiro atoms. The van der Waals surface area contributed by atoms with E-state index in [-0.39, 0.29) is 23.3 Å². The molecule has 1 fully saturated rings. The standard InChI is InChI=1S/C21H27N3O6S2/c1-31(26,27)24-12-10-18(11-13-24)15-22-21(25)9-6-17-4-7-20(8-5-17)32(28,29)23-16-19-3-2-14-30-19/h2-9,14,18,23H,10-13,15-16H2,1H3,(H,22,25)/b9-6+. The summed E-state index contributed by atoms with van der Waals surface area (Å²) in [6.45, 7) is 1.49. The van der Waals surface area contributed by atoms with Gasteiger partial charge in [-0.1, -0.05) is 12.1 Å². The van der Waals surface area contributed by atoms with E-state index < -0.39 is 20.0 Å². The van der Waals surface area contributed by atoms with Crippen LogP contribution in [0.4, 0.5) is 0 Å². The Morgan fingerprint density at radius 1 is 1.12 bits per heavy atom. The third kappa shape index (κ3) is 7.02. The van der Waals surface area contributed by atoms with Gasteiger partial charge < -0.3 is 9.73 Å². The molecule has 2 aromatic rings. The van der Waals surface area contributed by atoms with Gasteiger partial charge in [0.2, 0.25) is 26.0 Å². The first-order valence-electron chi connectivity index (χ1n) is 10.2. The van der Waals surface area contributed by atoms with Gasteiger partial charge in [-0.2, -0.15) is 0 Å². The Kier molecular flexibility index (Phi) is 7.88. The quantitative estimate of drug-likeness (QED) is 0.524. The molecule has 0 radical (unpaired) electrons. The van der Waals surface area contributed by atoms with E-state index >= 15 is 0 Å². The zero-order valence-electron chi connectivity index (χ0n) is 17.7. The molecule has 2 N–H and O–H groups in total. The van der Waals surface area contributed by atoms with E-state index in [4.69, 9.17) is 4.42 Å². The normalized spacial score (nSPS) is 16.4. The van der Waals surface area contributed by atoms with Gasteiger partial charge in [0.05, 0.1) is 24.0 Å². The summed E-state index contributed by atoms with van der Waals surface area (Å²) in [5.74, 6) is 0.496. The summed E-state index contributed by atoms with van der Waals surface area (Å²) in [6, 6.07) is 9.54. The zero-order valence-corrected chi connectivity index (χ0v) is 19.4. The molecule has 1 saturated heterocycles. The summed E-state index contributed by atoms with van der Waals surface area (Å²) in [7, 11) is -6.83. The topological polar surface area (TPSA) is 126 Å². The van der Waals surface area contributed by atoms with Gasteiger partial charge in [0.15, 0.2) is 0 Å². The SMILES string of the molecule is CS(=O)(=O)N1CCC(CNC(=O)/C=C/c2ccc(S(=O)(=O)NCc3ccco3)cc2)CC1. The lowest BCUT2D eigenvalue weighted by atomic mass is 9.98. The van der Waals surface area contributed by atoms with Crippen molar-refractivity contribution in [1.29, 1.82) is 0 Å². The highest BCUT2D eigenvalue weighted by atomic mass is 32.2. The van der Waals surface area contributed by atoms with Crippen LogP contribution in [0.3, 0.4) is 0 Å². The second kappa shape index (κ2) is 10.4. The van der Waals surface area contributed by atoms with Crippen molar-refractivity contribution in [2.24, 2.45) is 5.92 Å². The molecule has 9 nitrogen and oxygen atoms in total. The minimum Gasteiger partial charge on any atom is -0.468 e. The molecule has 0 atom stereocenters. The lowest BCUT2D eigenvalue weighted by Gasteiger charge is -2.30. The van der Waals surface area contributed by atoms with Gasteiger partial charge in [0.25, 0.3) is 0 Å². The van der Waals surface area contributed by atoms with Crippen LogP contribution in [0.5, 0.6) is 0 Å². The highest BCUT2D eigenvalue weighted by Crippen LogP contribution is 2.18. The molecule has 0 bridgehead atoms. The van der Waals surface area contributed by atoms with Gasteiger partial charge in [0.1, 0.15) is 5.76 Å². The highest BCUT2D eigenvalue weighted by Gasteiger charge is 2.24. The molecule has 32 heavy (non-hydrogen) atoms. The molecule has 3 rings (SSSR count). The maximum absolute atomic E-state index is 12.3. The van der Waals surface area contributed by atoms with E-state index in [1.54, 1.807) is 30.3 Å². The van der Waals surface area contributed by atoms with E-state index in [1.807, 2.05) is 0 Å². The number of nitrogens with zero attached hydrogens (tertiary/aromatic N) is 1. The minimum absolute atomic E-state index is 0.0600. The number of amides is 1. The van der Waals surface area contributed by atoms with Crippen molar-refractivity contribution < 1.29 is 26.0 Å². The number of carbonyl (C=O) groups excluding carboxylic acids is 1. The molecule has 0 unspecified atom stereocenters. The molecule has 1 aliphatic heterocycles. The van der Waals surface area contributed by atoms with Gasteiger partial charge in [-0.05, 0) is 54.7 Å². The highest BCUT2D eigenvalue weighted by molar-refractivity contribution is 7.89. The molecule has 1 aromatic carbocycles. The Hall–Kier alpha value is -2.47.